The first kappa shape index (κ1) is 10.4. The summed E-state index contributed by atoms with van der Waals surface area (Å²) in [4.78, 5) is 0. The van der Waals surface area contributed by atoms with Crippen molar-refractivity contribution in [2.45, 2.75) is 6.92 Å². The van der Waals surface area contributed by atoms with Crippen molar-refractivity contribution >= 4 is 23.2 Å². The summed E-state index contributed by atoms with van der Waals surface area (Å²) in [5, 5.41) is 7.69. The van der Waals surface area contributed by atoms with Crippen LogP contribution in [0.2, 0.25) is 10.2 Å². The minimum atomic E-state index is -0.458. The summed E-state index contributed by atoms with van der Waals surface area (Å²) in [5.74, 6) is -0.458. The van der Waals surface area contributed by atoms with Gasteiger partial charge < -0.3 is 0 Å². The Balaban J connectivity index is 2.59. The highest BCUT2D eigenvalue weighted by atomic mass is 35.5. The van der Waals surface area contributed by atoms with E-state index in [0.717, 1.165) is 0 Å². The summed E-state index contributed by atoms with van der Waals surface area (Å²) in [7, 11) is 0. The van der Waals surface area contributed by atoms with Crippen molar-refractivity contribution in [2.24, 2.45) is 0 Å². The molecule has 1 heterocycles. The van der Waals surface area contributed by atoms with Gasteiger partial charge in [0.25, 0.3) is 0 Å². The van der Waals surface area contributed by atoms with Gasteiger partial charge >= 0.3 is 0 Å². The van der Waals surface area contributed by atoms with E-state index in [1.165, 1.54) is 16.9 Å². The van der Waals surface area contributed by atoms with Gasteiger partial charge in [-0.15, -0.1) is 5.10 Å². The van der Waals surface area contributed by atoms with Crippen LogP contribution in [0.15, 0.2) is 18.3 Å². The van der Waals surface area contributed by atoms with Crippen LogP contribution in [0, 0.1) is 12.7 Å². The Morgan fingerprint density at radius 2 is 2.07 bits per heavy atom. The monoisotopic (exact) mass is 245 g/mol. The van der Waals surface area contributed by atoms with Gasteiger partial charge in [-0.2, -0.15) is 0 Å². The molecule has 0 spiro atoms. The SMILES string of the molecule is Cc1c(-n2cc(Cl)nn2)ccc(Cl)c1F. The van der Waals surface area contributed by atoms with E-state index >= 15 is 0 Å². The van der Waals surface area contributed by atoms with Gasteiger partial charge in [0.2, 0.25) is 0 Å². The highest BCUT2D eigenvalue weighted by Gasteiger charge is 2.10. The molecule has 15 heavy (non-hydrogen) atoms. The Morgan fingerprint density at radius 3 is 2.67 bits per heavy atom. The lowest BCUT2D eigenvalue weighted by Gasteiger charge is -2.06. The molecule has 0 saturated carbocycles. The Morgan fingerprint density at radius 1 is 1.33 bits per heavy atom. The molecule has 0 fully saturated rings. The van der Waals surface area contributed by atoms with Crippen LogP contribution in [0.3, 0.4) is 0 Å². The number of hydrogen-bond donors (Lipinski definition) is 0. The zero-order valence-electron chi connectivity index (χ0n) is 7.71. The lowest BCUT2D eigenvalue weighted by atomic mass is 10.2. The number of halogens is 3. The van der Waals surface area contributed by atoms with Crippen LogP contribution in [-0.4, -0.2) is 15.0 Å². The van der Waals surface area contributed by atoms with Crippen molar-refractivity contribution in [3.63, 3.8) is 0 Å². The molecule has 3 nitrogen and oxygen atoms in total. The number of benzene rings is 1. The second-order valence-electron chi connectivity index (χ2n) is 2.99. The maximum absolute atomic E-state index is 13.5. The third kappa shape index (κ3) is 1.82. The average Bonchev–Trinajstić information content (AvgIpc) is 2.61. The second-order valence-corrected chi connectivity index (χ2v) is 3.79. The van der Waals surface area contributed by atoms with Gasteiger partial charge in [-0.3, -0.25) is 0 Å². The molecule has 6 heteroatoms. The molecule has 0 bridgehead atoms. The predicted octanol–water partition coefficient (Wildman–Crippen LogP) is 3.02. The lowest BCUT2D eigenvalue weighted by molar-refractivity contribution is 0.615. The van der Waals surface area contributed by atoms with E-state index in [1.807, 2.05) is 0 Å². The molecule has 1 aromatic carbocycles. The van der Waals surface area contributed by atoms with Crippen molar-refractivity contribution in [3.05, 3.63) is 39.9 Å². The minimum Gasteiger partial charge on any atom is -0.219 e. The smallest absolute Gasteiger partial charge is 0.171 e. The molecule has 2 rings (SSSR count). The standard InChI is InChI=1S/C9H6Cl2FN3/c1-5-7(3-2-6(10)9(5)12)15-4-8(11)13-14-15/h2-4H,1H3. The maximum Gasteiger partial charge on any atom is 0.171 e. The third-order valence-corrected chi connectivity index (χ3v) is 2.49. The van der Waals surface area contributed by atoms with E-state index < -0.39 is 5.82 Å². The predicted molar refractivity (Wildman–Crippen MR) is 56.1 cm³/mol. The molecular weight excluding hydrogens is 240 g/mol. The molecule has 0 aliphatic rings. The molecule has 0 amide bonds. The fourth-order valence-corrected chi connectivity index (χ4v) is 1.58. The van der Waals surface area contributed by atoms with E-state index in [-0.39, 0.29) is 10.2 Å². The number of nitrogens with zero attached hydrogens (tertiary/aromatic N) is 3. The van der Waals surface area contributed by atoms with Gasteiger partial charge in [-0.25, -0.2) is 9.07 Å². The van der Waals surface area contributed by atoms with Gasteiger partial charge in [0.15, 0.2) is 5.15 Å². The molecule has 2 aromatic rings. The fourth-order valence-electron chi connectivity index (χ4n) is 1.25. The largest absolute Gasteiger partial charge is 0.219 e. The van der Waals surface area contributed by atoms with Crippen LogP contribution in [0.4, 0.5) is 4.39 Å². The topological polar surface area (TPSA) is 30.7 Å². The van der Waals surface area contributed by atoms with Crippen molar-refractivity contribution in [1.82, 2.24) is 15.0 Å². The summed E-state index contributed by atoms with van der Waals surface area (Å²) in [6.45, 7) is 1.62. The Hall–Kier alpha value is -1.13. The Bertz CT molecular complexity index is 510. The van der Waals surface area contributed by atoms with Crippen LogP contribution in [0.1, 0.15) is 5.56 Å². The molecule has 0 atom stereocenters. The Kier molecular flexibility index (Phi) is 2.63. The van der Waals surface area contributed by atoms with Crippen LogP contribution >= 0.6 is 23.2 Å². The maximum atomic E-state index is 13.5. The first-order valence-electron chi connectivity index (χ1n) is 4.12. The van der Waals surface area contributed by atoms with Crippen molar-refractivity contribution < 1.29 is 4.39 Å². The third-order valence-electron chi connectivity index (χ3n) is 2.02. The molecule has 1 aromatic heterocycles. The number of rotatable bonds is 1. The second kappa shape index (κ2) is 3.79. The van der Waals surface area contributed by atoms with Crippen molar-refractivity contribution in [2.75, 3.05) is 0 Å². The fraction of sp³-hybridized carbons (Fsp3) is 0.111. The Labute approximate surface area is 95.4 Å². The summed E-state index contributed by atoms with van der Waals surface area (Å²) in [6, 6.07) is 3.13. The molecule has 0 aliphatic carbocycles. The zero-order valence-corrected chi connectivity index (χ0v) is 9.22. The summed E-state index contributed by atoms with van der Waals surface area (Å²) in [6.07, 6.45) is 1.50. The highest BCUT2D eigenvalue weighted by molar-refractivity contribution is 6.30. The van der Waals surface area contributed by atoms with E-state index in [4.69, 9.17) is 23.2 Å². The summed E-state index contributed by atoms with van der Waals surface area (Å²) >= 11 is 11.3. The van der Waals surface area contributed by atoms with E-state index in [2.05, 4.69) is 10.3 Å². The molecule has 0 saturated heterocycles. The molecule has 0 radical (unpaired) electrons. The first-order valence-corrected chi connectivity index (χ1v) is 4.88. The number of aromatic nitrogens is 3. The van der Waals surface area contributed by atoms with Gasteiger partial charge in [-0.05, 0) is 19.1 Å². The van der Waals surface area contributed by atoms with Gasteiger partial charge in [0.05, 0.1) is 16.9 Å². The lowest BCUT2D eigenvalue weighted by Crippen LogP contribution is -2.00. The molecule has 78 valence electrons. The van der Waals surface area contributed by atoms with Crippen LogP contribution in [0.5, 0.6) is 0 Å². The zero-order chi connectivity index (χ0) is 11.0. The van der Waals surface area contributed by atoms with Gasteiger partial charge in [-0.1, -0.05) is 28.4 Å². The van der Waals surface area contributed by atoms with Crippen molar-refractivity contribution in [3.8, 4) is 5.69 Å². The molecule has 0 N–H and O–H groups in total. The van der Waals surface area contributed by atoms with E-state index in [9.17, 15) is 4.39 Å². The normalized spacial score (nSPS) is 10.7. The first-order chi connectivity index (χ1) is 7.09. The van der Waals surface area contributed by atoms with Crippen molar-refractivity contribution in [1.29, 1.82) is 0 Å². The van der Waals surface area contributed by atoms with Crippen LogP contribution in [0.25, 0.3) is 5.69 Å². The summed E-state index contributed by atoms with van der Waals surface area (Å²) < 4.78 is 14.9. The van der Waals surface area contributed by atoms with Crippen LogP contribution < -0.4 is 0 Å². The van der Waals surface area contributed by atoms with E-state index in [0.29, 0.717) is 11.3 Å². The molecular formula is C9H6Cl2FN3. The molecule has 0 aliphatic heterocycles. The molecule has 0 unspecified atom stereocenters. The van der Waals surface area contributed by atoms with Gasteiger partial charge in [0.1, 0.15) is 5.82 Å². The average molecular weight is 246 g/mol. The number of hydrogen-bond acceptors (Lipinski definition) is 2. The minimum absolute atomic E-state index is 0.0856. The van der Waals surface area contributed by atoms with Gasteiger partial charge in [0, 0.05) is 5.56 Å². The summed E-state index contributed by atoms with van der Waals surface area (Å²) in [5.41, 5.74) is 0.973. The highest BCUT2D eigenvalue weighted by Crippen LogP contribution is 2.23. The van der Waals surface area contributed by atoms with Crippen LogP contribution in [-0.2, 0) is 0 Å². The van der Waals surface area contributed by atoms with E-state index in [1.54, 1.807) is 13.0 Å². The quantitative estimate of drug-likeness (QED) is 0.774.